The van der Waals surface area contributed by atoms with Crippen molar-refractivity contribution >= 4 is 11.6 Å². The van der Waals surface area contributed by atoms with E-state index in [1.54, 1.807) is 32.9 Å². The molecule has 4 rings (SSSR count). The molecule has 0 spiro atoms. The zero-order valence-corrected chi connectivity index (χ0v) is 18.3. The van der Waals surface area contributed by atoms with Gasteiger partial charge in [-0.1, -0.05) is 24.3 Å². The Bertz CT molecular complexity index is 1090. The van der Waals surface area contributed by atoms with Gasteiger partial charge in [0, 0.05) is 30.2 Å². The van der Waals surface area contributed by atoms with Crippen molar-refractivity contribution in [3.8, 4) is 11.5 Å². The van der Waals surface area contributed by atoms with Crippen LogP contribution in [0.1, 0.15) is 70.7 Å². The second kappa shape index (κ2) is 7.97. The van der Waals surface area contributed by atoms with Crippen molar-refractivity contribution in [3.05, 3.63) is 58.1 Å². The lowest BCUT2D eigenvalue weighted by molar-refractivity contribution is -0.287. The molecule has 0 unspecified atom stereocenters. The van der Waals surface area contributed by atoms with Crippen LogP contribution in [0.2, 0.25) is 0 Å². The Hall–Kier alpha value is -2.78. The number of carbonyl (C=O) groups is 2. The zero-order chi connectivity index (χ0) is 23.4. The normalized spacial score (nSPS) is 28.2. The Kier molecular flexibility index (Phi) is 5.58. The molecule has 170 valence electrons. The van der Waals surface area contributed by atoms with Crippen LogP contribution in [0.3, 0.4) is 0 Å². The number of ketones is 2. The van der Waals surface area contributed by atoms with Crippen LogP contribution in [-0.2, 0) is 14.2 Å². The van der Waals surface area contributed by atoms with E-state index in [1.807, 2.05) is 0 Å². The Morgan fingerprint density at radius 1 is 1.12 bits per heavy atom. The van der Waals surface area contributed by atoms with Gasteiger partial charge >= 0.3 is 0 Å². The SMILES string of the molecule is CO[C@]1(C)C[C@H](O[C@@H](C)c2cc(O)c3c(c2O)C(=O)c2ccccc2C3=O)O[C@@H](C)[C@@H]1O. The Morgan fingerprint density at radius 2 is 1.72 bits per heavy atom. The Morgan fingerprint density at radius 3 is 2.31 bits per heavy atom. The molecule has 2 aliphatic rings. The number of hydrogen-bond donors (Lipinski definition) is 3. The number of ether oxygens (including phenoxy) is 3. The van der Waals surface area contributed by atoms with E-state index in [0.717, 1.165) is 0 Å². The van der Waals surface area contributed by atoms with Crippen LogP contribution in [0.25, 0.3) is 0 Å². The maximum absolute atomic E-state index is 13.1. The van der Waals surface area contributed by atoms with Gasteiger partial charge in [-0.05, 0) is 26.8 Å². The third kappa shape index (κ3) is 3.40. The van der Waals surface area contributed by atoms with E-state index in [-0.39, 0.29) is 34.2 Å². The molecule has 8 nitrogen and oxygen atoms in total. The minimum atomic E-state index is -0.895. The van der Waals surface area contributed by atoms with Gasteiger partial charge in [0.2, 0.25) is 0 Å². The van der Waals surface area contributed by atoms with Crippen molar-refractivity contribution < 1.29 is 39.1 Å². The molecule has 1 aliphatic heterocycles. The molecule has 32 heavy (non-hydrogen) atoms. The number of methoxy groups -OCH3 is 1. The number of phenols is 2. The molecule has 2 aromatic rings. The molecule has 3 N–H and O–H groups in total. The summed E-state index contributed by atoms with van der Waals surface area (Å²) >= 11 is 0. The predicted molar refractivity (Wildman–Crippen MR) is 113 cm³/mol. The molecule has 0 radical (unpaired) electrons. The van der Waals surface area contributed by atoms with Crippen LogP contribution in [0.4, 0.5) is 0 Å². The van der Waals surface area contributed by atoms with E-state index in [9.17, 15) is 24.9 Å². The number of phenolic OH excluding ortho intramolecular Hbond substituents is 2. The van der Waals surface area contributed by atoms with Gasteiger partial charge < -0.3 is 29.5 Å². The van der Waals surface area contributed by atoms with Crippen molar-refractivity contribution in [2.75, 3.05) is 7.11 Å². The second-order valence-electron chi connectivity index (χ2n) is 8.50. The van der Waals surface area contributed by atoms with Crippen molar-refractivity contribution in [3.63, 3.8) is 0 Å². The number of fused-ring (bicyclic) bond motifs is 2. The first-order chi connectivity index (χ1) is 15.1. The Balaban J connectivity index is 1.68. The smallest absolute Gasteiger partial charge is 0.198 e. The maximum Gasteiger partial charge on any atom is 0.198 e. The molecule has 1 heterocycles. The second-order valence-corrected chi connectivity index (χ2v) is 8.50. The summed E-state index contributed by atoms with van der Waals surface area (Å²) in [6.45, 7) is 5.08. The fourth-order valence-electron chi connectivity index (χ4n) is 4.48. The first-order valence-corrected chi connectivity index (χ1v) is 10.4. The molecular weight excluding hydrogens is 416 g/mol. The summed E-state index contributed by atoms with van der Waals surface area (Å²) < 4.78 is 17.2. The first kappa shape index (κ1) is 22.4. The van der Waals surface area contributed by atoms with Crippen LogP contribution in [-0.4, -0.2) is 58.1 Å². The molecule has 0 saturated carbocycles. The van der Waals surface area contributed by atoms with Crippen molar-refractivity contribution in [1.82, 2.24) is 0 Å². The number of aliphatic hydroxyl groups excluding tert-OH is 1. The lowest BCUT2D eigenvalue weighted by Crippen LogP contribution is -2.56. The first-order valence-electron chi connectivity index (χ1n) is 10.4. The lowest BCUT2D eigenvalue weighted by atomic mass is 9.81. The van der Waals surface area contributed by atoms with E-state index in [0.29, 0.717) is 0 Å². The number of benzene rings is 2. The van der Waals surface area contributed by atoms with Crippen LogP contribution in [0.5, 0.6) is 11.5 Å². The topological polar surface area (TPSA) is 123 Å². The maximum atomic E-state index is 13.1. The quantitative estimate of drug-likeness (QED) is 0.527. The summed E-state index contributed by atoms with van der Waals surface area (Å²) in [5.41, 5.74) is -0.871. The molecule has 8 heteroatoms. The molecule has 1 saturated heterocycles. The third-order valence-electron chi connectivity index (χ3n) is 6.45. The van der Waals surface area contributed by atoms with Crippen molar-refractivity contribution in [2.24, 2.45) is 0 Å². The fourth-order valence-corrected chi connectivity index (χ4v) is 4.48. The van der Waals surface area contributed by atoms with Gasteiger partial charge in [-0.25, -0.2) is 0 Å². The summed E-state index contributed by atoms with van der Waals surface area (Å²) in [6, 6.07) is 7.51. The van der Waals surface area contributed by atoms with Gasteiger partial charge in [-0.15, -0.1) is 0 Å². The minimum absolute atomic E-state index is 0.142. The highest BCUT2D eigenvalue weighted by Gasteiger charge is 2.46. The van der Waals surface area contributed by atoms with E-state index in [1.165, 1.54) is 25.3 Å². The highest BCUT2D eigenvalue weighted by molar-refractivity contribution is 6.30. The zero-order valence-electron chi connectivity index (χ0n) is 18.3. The molecule has 2 aromatic carbocycles. The number of rotatable bonds is 4. The summed E-state index contributed by atoms with van der Waals surface area (Å²) in [5, 5.41) is 31.9. The molecular formula is C24H26O8. The lowest BCUT2D eigenvalue weighted by Gasteiger charge is -2.44. The number of hydrogen-bond acceptors (Lipinski definition) is 8. The molecule has 0 bridgehead atoms. The van der Waals surface area contributed by atoms with Gasteiger partial charge in [0.25, 0.3) is 0 Å². The van der Waals surface area contributed by atoms with Crippen molar-refractivity contribution in [2.45, 2.75) is 57.4 Å². The van der Waals surface area contributed by atoms with Gasteiger partial charge in [0.05, 0.1) is 28.9 Å². The van der Waals surface area contributed by atoms with Crippen LogP contribution in [0.15, 0.2) is 30.3 Å². The highest BCUT2D eigenvalue weighted by atomic mass is 16.7. The number of carbonyl (C=O) groups excluding carboxylic acids is 2. The largest absolute Gasteiger partial charge is 0.507 e. The molecule has 1 fully saturated rings. The predicted octanol–water partition coefficient (Wildman–Crippen LogP) is 2.85. The standard InChI is InChI=1S/C24H26O8/c1-11(31-17-10-24(3,30-4)23(29)12(2)32-17)15-9-16(25)18-19(22(15)28)21(27)14-8-6-5-7-13(14)20(18)26/h5-9,11-12,17,23,25,28-29H,10H2,1-4H3/t11-,12-,17+,23-,24+/m0/s1. The van der Waals surface area contributed by atoms with E-state index in [4.69, 9.17) is 14.2 Å². The summed E-state index contributed by atoms with van der Waals surface area (Å²) in [4.78, 5) is 25.9. The average Bonchev–Trinajstić information content (AvgIpc) is 2.76. The van der Waals surface area contributed by atoms with E-state index in [2.05, 4.69) is 0 Å². The van der Waals surface area contributed by atoms with Gasteiger partial charge in [0.15, 0.2) is 17.9 Å². The minimum Gasteiger partial charge on any atom is -0.507 e. The summed E-state index contributed by atoms with van der Waals surface area (Å²) in [6.07, 6.45) is -2.77. The van der Waals surface area contributed by atoms with Crippen LogP contribution in [0, 0.1) is 0 Å². The van der Waals surface area contributed by atoms with Gasteiger partial charge in [0.1, 0.15) is 17.6 Å². The average molecular weight is 442 g/mol. The van der Waals surface area contributed by atoms with Crippen LogP contribution < -0.4 is 0 Å². The van der Waals surface area contributed by atoms with Gasteiger partial charge in [-0.3, -0.25) is 9.59 Å². The van der Waals surface area contributed by atoms with E-state index >= 15 is 0 Å². The Labute approximate surface area is 185 Å². The number of aliphatic hydroxyl groups is 1. The summed E-state index contributed by atoms with van der Waals surface area (Å²) in [7, 11) is 1.50. The molecule has 0 amide bonds. The third-order valence-corrected chi connectivity index (χ3v) is 6.45. The molecule has 5 atom stereocenters. The summed E-state index contributed by atoms with van der Waals surface area (Å²) in [5.74, 6) is -1.91. The molecule has 1 aliphatic carbocycles. The van der Waals surface area contributed by atoms with Gasteiger partial charge in [-0.2, -0.15) is 0 Å². The number of aromatic hydroxyl groups is 2. The monoisotopic (exact) mass is 442 g/mol. The van der Waals surface area contributed by atoms with E-state index < -0.39 is 53.3 Å². The fraction of sp³-hybridized carbons (Fsp3) is 0.417. The molecule has 0 aromatic heterocycles. The van der Waals surface area contributed by atoms with Crippen molar-refractivity contribution in [1.29, 1.82) is 0 Å². The van der Waals surface area contributed by atoms with Crippen LogP contribution >= 0.6 is 0 Å². The highest BCUT2D eigenvalue weighted by Crippen LogP contribution is 2.43.